The Morgan fingerprint density at radius 3 is 2.78 bits per heavy atom. The molecule has 0 amide bonds. The average Bonchev–Trinajstić information content (AvgIpc) is 2.99. The predicted octanol–water partition coefficient (Wildman–Crippen LogP) is 2.14. The van der Waals surface area contributed by atoms with Crippen LogP contribution in [-0.2, 0) is 12.8 Å². The second kappa shape index (κ2) is 6.13. The van der Waals surface area contributed by atoms with E-state index in [0.29, 0.717) is 6.04 Å². The molecular formula is C13H20N4S. The van der Waals surface area contributed by atoms with Crippen LogP contribution in [-0.4, -0.2) is 15.8 Å². The first-order valence-corrected chi connectivity index (χ1v) is 7.09. The van der Waals surface area contributed by atoms with Crippen molar-refractivity contribution in [2.75, 3.05) is 0 Å². The highest BCUT2D eigenvalue weighted by atomic mass is 32.1. The summed E-state index contributed by atoms with van der Waals surface area (Å²) < 4.78 is 1.98. The molecule has 4 nitrogen and oxygen atoms in total. The first kappa shape index (κ1) is 13.3. The Labute approximate surface area is 112 Å². The molecule has 0 aliphatic rings. The van der Waals surface area contributed by atoms with Crippen molar-refractivity contribution >= 4 is 11.3 Å². The molecule has 0 aromatic carbocycles. The highest BCUT2D eigenvalue weighted by molar-refractivity contribution is 7.09. The standard InChI is InChI=1S/C13H20N4S/c1-10(2)17-6-5-11(16-17)8-12(15-14)9-13-4-3-7-18-13/h3-7,10,12,15H,8-9,14H2,1-2H3. The number of rotatable bonds is 6. The van der Waals surface area contributed by atoms with Crippen LogP contribution in [0.1, 0.15) is 30.5 Å². The van der Waals surface area contributed by atoms with Crippen LogP contribution >= 0.6 is 11.3 Å². The molecule has 0 aliphatic heterocycles. The fourth-order valence-corrected chi connectivity index (χ4v) is 2.67. The van der Waals surface area contributed by atoms with Gasteiger partial charge < -0.3 is 0 Å². The molecular weight excluding hydrogens is 244 g/mol. The van der Waals surface area contributed by atoms with Crippen LogP contribution in [0.2, 0.25) is 0 Å². The van der Waals surface area contributed by atoms with Gasteiger partial charge in [-0.05, 0) is 37.8 Å². The van der Waals surface area contributed by atoms with Crippen LogP contribution < -0.4 is 11.3 Å². The molecule has 0 aliphatic carbocycles. The molecule has 2 aromatic heterocycles. The van der Waals surface area contributed by atoms with Crippen LogP contribution in [0.3, 0.4) is 0 Å². The fourth-order valence-electron chi connectivity index (χ4n) is 1.89. The number of thiophene rings is 1. The second-order valence-electron chi connectivity index (χ2n) is 4.73. The van der Waals surface area contributed by atoms with Crippen LogP contribution in [0.25, 0.3) is 0 Å². The van der Waals surface area contributed by atoms with Crippen molar-refractivity contribution in [3.8, 4) is 0 Å². The Balaban J connectivity index is 1.96. The Morgan fingerprint density at radius 2 is 2.22 bits per heavy atom. The number of nitrogens with one attached hydrogen (secondary N) is 1. The average molecular weight is 264 g/mol. The maximum absolute atomic E-state index is 5.62. The number of aromatic nitrogens is 2. The maximum atomic E-state index is 5.62. The van der Waals surface area contributed by atoms with Crippen LogP contribution in [0.5, 0.6) is 0 Å². The highest BCUT2D eigenvalue weighted by Gasteiger charge is 2.12. The number of nitrogens with zero attached hydrogens (tertiary/aromatic N) is 2. The molecule has 98 valence electrons. The third-order valence-electron chi connectivity index (χ3n) is 2.91. The summed E-state index contributed by atoms with van der Waals surface area (Å²) in [5.41, 5.74) is 3.97. The van der Waals surface area contributed by atoms with Gasteiger partial charge in [-0.1, -0.05) is 6.07 Å². The van der Waals surface area contributed by atoms with Crippen molar-refractivity contribution in [1.82, 2.24) is 15.2 Å². The molecule has 0 fully saturated rings. The van der Waals surface area contributed by atoms with Gasteiger partial charge in [0.05, 0.1) is 5.69 Å². The van der Waals surface area contributed by atoms with Gasteiger partial charge in [0.25, 0.3) is 0 Å². The van der Waals surface area contributed by atoms with Crippen molar-refractivity contribution in [2.45, 2.75) is 38.8 Å². The zero-order valence-corrected chi connectivity index (χ0v) is 11.7. The summed E-state index contributed by atoms with van der Waals surface area (Å²) in [6, 6.07) is 6.92. The minimum atomic E-state index is 0.235. The van der Waals surface area contributed by atoms with Gasteiger partial charge in [0.1, 0.15) is 0 Å². The Hall–Kier alpha value is -1.17. The Morgan fingerprint density at radius 1 is 1.39 bits per heavy atom. The molecule has 0 bridgehead atoms. The zero-order valence-electron chi connectivity index (χ0n) is 10.8. The van der Waals surface area contributed by atoms with Crippen LogP contribution in [0, 0.1) is 0 Å². The third-order valence-corrected chi connectivity index (χ3v) is 3.81. The van der Waals surface area contributed by atoms with Crippen LogP contribution in [0.15, 0.2) is 29.8 Å². The van der Waals surface area contributed by atoms with E-state index in [2.05, 4.69) is 48.0 Å². The van der Waals surface area contributed by atoms with E-state index in [1.165, 1.54) is 4.88 Å². The van der Waals surface area contributed by atoms with Gasteiger partial charge in [0, 0.05) is 29.6 Å². The normalized spacial score (nSPS) is 13.1. The topological polar surface area (TPSA) is 55.9 Å². The molecule has 3 N–H and O–H groups in total. The van der Waals surface area contributed by atoms with E-state index in [4.69, 9.17) is 5.84 Å². The lowest BCUT2D eigenvalue weighted by molar-refractivity contribution is 0.496. The van der Waals surface area contributed by atoms with Gasteiger partial charge in [-0.2, -0.15) is 5.10 Å². The van der Waals surface area contributed by atoms with Gasteiger partial charge in [-0.15, -0.1) is 11.3 Å². The lowest BCUT2D eigenvalue weighted by Gasteiger charge is -2.13. The van der Waals surface area contributed by atoms with E-state index in [9.17, 15) is 0 Å². The minimum absolute atomic E-state index is 0.235. The van der Waals surface area contributed by atoms with Crippen molar-refractivity contribution < 1.29 is 0 Å². The molecule has 1 atom stereocenters. The number of hydrazine groups is 1. The molecule has 0 radical (unpaired) electrons. The van der Waals surface area contributed by atoms with E-state index in [-0.39, 0.29) is 6.04 Å². The van der Waals surface area contributed by atoms with Gasteiger partial charge in [0.15, 0.2) is 0 Å². The summed E-state index contributed by atoms with van der Waals surface area (Å²) >= 11 is 1.77. The van der Waals surface area contributed by atoms with Crippen molar-refractivity contribution in [2.24, 2.45) is 5.84 Å². The first-order valence-electron chi connectivity index (χ1n) is 6.21. The van der Waals surface area contributed by atoms with E-state index in [1.807, 2.05) is 10.9 Å². The van der Waals surface area contributed by atoms with E-state index in [0.717, 1.165) is 18.5 Å². The van der Waals surface area contributed by atoms with E-state index >= 15 is 0 Å². The zero-order chi connectivity index (χ0) is 13.0. The molecule has 1 unspecified atom stereocenters. The lowest BCUT2D eigenvalue weighted by Crippen LogP contribution is -2.38. The minimum Gasteiger partial charge on any atom is -0.271 e. The van der Waals surface area contributed by atoms with Crippen molar-refractivity contribution in [3.05, 3.63) is 40.3 Å². The molecule has 2 rings (SSSR count). The monoisotopic (exact) mass is 264 g/mol. The SMILES string of the molecule is CC(C)n1ccc(CC(Cc2cccs2)NN)n1. The fraction of sp³-hybridized carbons (Fsp3) is 0.462. The Bertz CT molecular complexity index is 461. The summed E-state index contributed by atoms with van der Waals surface area (Å²) in [5, 5.41) is 6.64. The largest absolute Gasteiger partial charge is 0.271 e. The van der Waals surface area contributed by atoms with Crippen molar-refractivity contribution in [3.63, 3.8) is 0 Å². The quantitative estimate of drug-likeness (QED) is 0.621. The molecule has 18 heavy (non-hydrogen) atoms. The van der Waals surface area contributed by atoms with Gasteiger partial charge in [0.2, 0.25) is 0 Å². The molecule has 0 spiro atoms. The molecule has 2 heterocycles. The molecule has 0 saturated heterocycles. The number of hydrogen-bond donors (Lipinski definition) is 2. The summed E-state index contributed by atoms with van der Waals surface area (Å²) in [6.07, 6.45) is 3.83. The summed E-state index contributed by atoms with van der Waals surface area (Å²) in [7, 11) is 0. The van der Waals surface area contributed by atoms with Gasteiger partial charge in [-0.3, -0.25) is 16.0 Å². The maximum Gasteiger partial charge on any atom is 0.0640 e. The molecule has 5 heteroatoms. The first-order chi connectivity index (χ1) is 8.69. The summed E-state index contributed by atoms with van der Waals surface area (Å²) in [6.45, 7) is 4.25. The molecule has 0 saturated carbocycles. The Kier molecular flexibility index (Phi) is 4.52. The predicted molar refractivity (Wildman–Crippen MR) is 75.5 cm³/mol. The smallest absolute Gasteiger partial charge is 0.0640 e. The van der Waals surface area contributed by atoms with Crippen LogP contribution in [0.4, 0.5) is 0 Å². The van der Waals surface area contributed by atoms with Gasteiger partial charge >= 0.3 is 0 Å². The number of hydrogen-bond acceptors (Lipinski definition) is 4. The lowest BCUT2D eigenvalue weighted by atomic mass is 10.1. The third kappa shape index (κ3) is 3.41. The van der Waals surface area contributed by atoms with Gasteiger partial charge in [-0.25, -0.2) is 0 Å². The van der Waals surface area contributed by atoms with Crippen molar-refractivity contribution in [1.29, 1.82) is 0 Å². The van der Waals surface area contributed by atoms with E-state index < -0.39 is 0 Å². The second-order valence-corrected chi connectivity index (χ2v) is 5.76. The van der Waals surface area contributed by atoms with E-state index in [1.54, 1.807) is 11.3 Å². The summed E-state index contributed by atoms with van der Waals surface area (Å²) in [4.78, 5) is 1.35. The highest BCUT2D eigenvalue weighted by Crippen LogP contribution is 2.13. The summed E-state index contributed by atoms with van der Waals surface area (Å²) in [5.74, 6) is 5.62. The molecule has 2 aromatic rings. The number of nitrogens with two attached hydrogens (primary N) is 1.